The van der Waals surface area contributed by atoms with E-state index in [2.05, 4.69) is 5.32 Å². The van der Waals surface area contributed by atoms with Crippen molar-refractivity contribution < 1.29 is 19.1 Å². The number of nitrogens with zero attached hydrogens (tertiary/aromatic N) is 2. The number of thioether (sulfide) groups is 1. The maximum atomic E-state index is 13.7. The molecule has 166 valence electrons. The van der Waals surface area contributed by atoms with E-state index in [1.54, 1.807) is 12.0 Å². The van der Waals surface area contributed by atoms with Crippen molar-refractivity contribution in [1.29, 1.82) is 0 Å². The molecule has 1 aliphatic heterocycles. The fourth-order valence-electron chi connectivity index (χ4n) is 3.36. The highest BCUT2D eigenvalue weighted by atomic mass is 32.2. The second-order valence-corrected chi connectivity index (χ2v) is 8.61. The van der Waals surface area contributed by atoms with E-state index in [1.807, 2.05) is 74.4 Å². The normalized spacial score (nSPS) is 18.4. The lowest BCUT2D eigenvalue weighted by molar-refractivity contribution is -0.126. The van der Waals surface area contributed by atoms with Gasteiger partial charge in [0.15, 0.2) is 6.10 Å². The Labute approximate surface area is 187 Å². The fourth-order valence-corrected chi connectivity index (χ4v) is 4.68. The molecule has 3 rings (SSSR count). The number of anilines is 1. The third kappa shape index (κ3) is 5.51. The molecule has 0 radical (unpaired) electrons. The first-order chi connectivity index (χ1) is 14.9. The number of nitrogens with one attached hydrogen (secondary N) is 1. The van der Waals surface area contributed by atoms with E-state index in [1.165, 1.54) is 11.8 Å². The summed E-state index contributed by atoms with van der Waals surface area (Å²) in [5, 5.41) is 2.24. The summed E-state index contributed by atoms with van der Waals surface area (Å²) in [5.41, 5.74) is 1.72. The zero-order chi connectivity index (χ0) is 22.4. The lowest BCUT2D eigenvalue weighted by Gasteiger charge is -2.28. The molecule has 8 heteroatoms. The van der Waals surface area contributed by atoms with E-state index in [4.69, 9.17) is 9.47 Å². The number of rotatable bonds is 7. The molecule has 2 amide bonds. The third-order valence-corrected chi connectivity index (χ3v) is 6.34. The third-order valence-electron chi connectivity index (χ3n) is 4.96. The molecule has 0 bridgehead atoms. The van der Waals surface area contributed by atoms with Gasteiger partial charge < -0.3 is 24.6 Å². The Morgan fingerprint density at radius 2 is 1.87 bits per heavy atom. The van der Waals surface area contributed by atoms with Crippen molar-refractivity contribution in [2.75, 3.05) is 45.7 Å². The number of benzene rings is 2. The van der Waals surface area contributed by atoms with Crippen LogP contribution in [0.5, 0.6) is 5.75 Å². The van der Waals surface area contributed by atoms with Crippen molar-refractivity contribution in [3.05, 3.63) is 54.1 Å². The number of fused-ring (bicyclic) bond motifs is 1. The van der Waals surface area contributed by atoms with Gasteiger partial charge in [-0.25, -0.2) is 4.79 Å². The summed E-state index contributed by atoms with van der Waals surface area (Å²) < 4.78 is 11.0. The fraction of sp³-hybridized carbons (Fsp3) is 0.391. The van der Waals surface area contributed by atoms with Gasteiger partial charge in [-0.15, -0.1) is 11.8 Å². The number of hydrogen-bond donors (Lipinski definition) is 1. The van der Waals surface area contributed by atoms with Gasteiger partial charge in [0.2, 0.25) is 0 Å². The van der Waals surface area contributed by atoms with Gasteiger partial charge in [-0.1, -0.05) is 24.3 Å². The first-order valence-corrected chi connectivity index (χ1v) is 11.1. The number of carbonyl (C=O) groups is 2. The highest BCUT2D eigenvalue weighted by molar-refractivity contribution is 7.99. The second kappa shape index (κ2) is 10.5. The average molecular weight is 444 g/mol. The molecule has 7 nitrogen and oxygen atoms in total. The van der Waals surface area contributed by atoms with Crippen LogP contribution in [0, 0.1) is 0 Å². The average Bonchev–Trinajstić information content (AvgIpc) is 2.87. The summed E-state index contributed by atoms with van der Waals surface area (Å²) in [6.07, 6.45) is -1.57. The number of para-hydroxylation sites is 1. The molecular weight excluding hydrogens is 414 g/mol. The van der Waals surface area contributed by atoms with Gasteiger partial charge in [-0.2, -0.15) is 0 Å². The van der Waals surface area contributed by atoms with Crippen LogP contribution in [0.25, 0.3) is 0 Å². The van der Waals surface area contributed by atoms with Gasteiger partial charge in [-0.3, -0.25) is 4.79 Å². The quantitative estimate of drug-likeness (QED) is 0.706. The van der Waals surface area contributed by atoms with E-state index < -0.39 is 17.4 Å². The summed E-state index contributed by atoms with van der Waals surface area (Å²) in [5.74, 6) is 0.495. The summed E-state index contributed by atoms with van der Waals surface area (Å²) in [4.78, 5) is 30.8. The topological polar surface area (TPSA) is 71.1 Å². The van der Waals surface area contributed by atoms with E-state index in [-0.39, 0.29) is 5.91 Å². The molecule has 0 aromatic heterocycles. The molecule has 2 aromatic rings. The van der Waals surface area contributed by atoms with Crippen LogP contribution in [0.2, 0.25) is 0 Å². The van der Waals surface area contributed by atoms with Gasteiger partial charge in [0.1, 0.15) is 5.75 Å². The minimum absolute atomic E-state index is 0.230. The zero-order valence-corrected chi connectivity index (χ0v) is 19.1. The van der Waals surface area contributed by atoms with Crippen LogP contribution >= 0.6 is 11.8 Å². The van der Waals surface area contributed by atoms with Gasteiger partial charge >= 0.3 is 6.09 Å². The van der Waals surface area contributed by atoms with E-state index in [0.29, 0.717) is 19.6 Å². The van der Waals surface area contributed by atoms with Gasteiger partial charge in [0.05, 0.1) is 18.0 Å². The van der Waals surface area contributed by atoms with Crippen molar-refractivity contribution in [2.24, 2.45) is 0 Å². The molecule has 1 aliphatic rings. The molecule has 0 fully saturated rings. The van der Waals surface area contributed by atoms with Crippen LogP contribution in [0.1, 0.15) is 17.7 Å². The Hall–Kier alpha value is -2.71. The molecule has 2 aromatic carbocycles. The van der Waals surface area contributed by atoms with Crippen LogP contribution < -0.4 is 15.0 Å². The molecule has 1 heterocycles. The molecule has 31 heavy (non-hydrogen) atoms. The van der Waals surface area contributed by atoms with Gasteiger partial charge in [0, 0.05) is 24.5 Å². The molecule has 0 saturated heterocycles. The molecule has 0 saturated carbocycles. The number of alkyl carbamates (subject to hydrolysis) is 1. The van der Waals surface area contributed by atoms with Crippen LogP contribution in [0.3, 0.4) is 0 Å². The first-order valence-electron chi connectivity index (χ1n) is 10.2. The SMILES string of the molecule is CCNC(=O)O[C@@H]1C(=O)N(CCN(C)C)c2ccccc2S[C@@H]1c1ccc(OC)cc1. The number of carbonyl (C=O) groups excluding carboxylic acids is 2. The number of ether oxygens (including phenoxy) is 2. The van der Waals surface area contributed by atoms with Crippen molar-refractivity contribution in [3.63, 3.8) is 0 Å². The van der Waals surface area contributed by atoms with Crippen molar-refractivity contribution in [3.8, 4) is 5.75 Å². The highest BCUT2D eigenvalue weighted by Gasteiger charge is 2.41. The minimum Gasteiger partial charge on any atom is -0.497 e. The second-order valence-electron chi connectivity index (χ2n) is 7.43. The molecule has 0 aliphatic carbocycles. The van der Waals surface area contributed by atoms with Crippen molar-refractivity contribution in [2.45, 2.75) is 23.2 Å². The number of hydrogen-bond acceptors (Lipinski definition) is 6. The number of amides is 2. The van der Waals surface area contributed by atoms with E-state index >= 15 is 0 Å². The van der Waals surface area contributed by atoms with Crippen molar-refractivity contribution in [1.82, 2.24) is 10.2 Å². The first kappa shape index (κ1) is 23.0. The lowest BCUT2D eigenvalue weighted by atomic mass is 10.1. The summed E-state index contributed by atoms with van der Waals surface area (Å²) >= 11 is 1.53. The molecule has 0 spiro atoms. The van der Waals surface area contributed by atoms with E-state index in [0.717, 1.165) is 21.9 Å². The van der Waals surface area contributed by atoms with Crippen LogP contribution in [-0.2, 0) is 9.53 Å². The number of methoxy groups -OCH3 is 1. The predicted octanol–water partition coefficient (Wildman–Crippen LogP) is 3.55. The maximum Gasteiger partial charge on any atom is 0.407 e. The molecular formula is C23H29N3O4S. The molecule has 2 atom stereocenters. The summed E-state index contributed by atoms with van der Waals surface area (Å²) in [6.45, 7) is 3.41. The Kier molecular flexibility index (Phi) is 7.81. The Balaban J connectivity index is 2.04. The number of likely N-dealkylation sites (N-methyl/N-ethyl adjacent to an activating group) is 1. The summed E-state index contributed by atoms with van der Waals surface area (Å²) in [6, 6.07) is 15.3. The predicted molar refractivity (Wildman–Crippen MR) is 123 cm³/mol. The zero-order valence-electron chi connectivity index (χ0n) is 18.3. The smallest absolute Gasteiger partial charge is 0.407 e. The largest absolute Gasteiger partial charge is 0.497 e. The van der Waals surface area contributed by atoms with E-state index in [9.17, 15) is 9.59 Å². The standard InChI is InChI=1S/C23H29N3O4S/c1-5-24-23(28)30-20-21(16-10-12-17(29-4)13-11-16)31-19-9-7-6-8-18(19)26(22(20)27)15-14-25(2)3/h6-13,20-21H,5,14-15H2,1-4H3,(H,24,28)/t20-,21+/m0/s1. The molecule has 0 unspecified atom stereocenters. The minimum atomic E-state index is -0.973. The Bertz CT molecular complexity index is 904. The Morgan fingerprint density at radius 1 is 1.16 bits per heavy atom. The van der Waals surface area contributed by atoms with Gasteiger partial charge in [-0.05, 0) is 50.8 Å². The van der Waals surface area contributed by atoms with Crippen LogP contribution in [0.4, 0.5) is 10.5 Å². The maximum absolute atomic E-state index is 13.7. The van der Waals surface area contributed by atoms with Crippen LogP contribution in [0.15, 0.2) is 53.4 Å². The lowest BCUT2D eigenvalue weighted by Crippen LogP contribution is -2.46. The summed E-state index contributed by atoms with van der Waals surface area (Å²) in [7, 11) is 5.54. The van der Waals surface area contributed by atoms with Crippen LogP contribution in [-0.4, -0.2) is 63.8 Å². The monoisotopic (exact) mass is 443 g/mol. The van der Waals surface area contributed by atoms with Crippen molar-refractivity contribution >= 4 is 29.4 Å². The Morgan fingerprint density at radius 3 is 2.52 bits per heavy atom. The highest BCUT2D eigenvalue weighted by Crippen LogP contribution is 2.46. The van der Waals surface area contributed by atoms with Gasteiger partial charge in [0.25, 0.3) is 5.91 Å². The molecule has 1 N–H and O–H groups in total.